The highest BCUT2D eigenvalue weighted by molar-refractivity contribution is 6.30. The second kappa shape index (κ2) is 7.26. The third kappa shape index (κ3) is 3.76. The number of carboxylic acid groups (broad SMARTS) is 1. The normalized spacial score (nSPS) is 12.1. The van der Waals surface area contributed by atoms with Crippen molar-refractivity contribution in [1.82, 2.24) is 5.16 Å². The minimum Gasteiger partial charge on any atom is -0.477 e. The molecule has 3 N–H and O–H groups in total. The van der Waals surface area contributed by atoms with Crippen molar-refractivity contribution in [2.75, 3.05) is 25.6 Å². The summed E-state index contributed by atoms with van der Waals surface area (Å²) in [7, 11) is 1.46. The molecular formula is C14H15ClN2O5. The van der Waals surface area contributed by atoms with E-state index in [2.05, 4.69) is 10.5 Å². The van der Waals surface area contributed by atoms with Gasteiger partial charge in [0.2, 0.25) is 0 Å². The van der Waals surface area contributed by atoms with E-state index in [4.69, 9.17) is 20.9 Å². The number of nitrogens with zero attached hydrogens (tertiary/aromatic N) is 1. The zero-order valence-electron chi connectivity index (χ0n) is 11.7. The number of benzene rings is 1. The van der Waals surface area contributed by atoms with Crippen LogP contribution in [0.1, 0.15) is 10.4 Å². The molecule has 0 aliphatic carbocycles. The number of halogens is 1. The maximum Gasteiger partial charge on any atom is 0.343 e. The van der Waals surface area contributed by atoms with Crippen molar-refractivity contribution in [3.63, 3.8) is 0 Å². The number of aromatic carboxylic acids is 1. The molecule has 0 spiro atoms. The summed E-state index contributed by atoms with van der Waals surface area (Å²) in [6.45, 7) is 0.206. The second-order valence-corrected chi connectivity index (χ2v) is 4.97. The lowest BCUT2D eigenvalue weighted by molar-refractivity contribution is 0.0694. The van der Waals surface area contributed by atoms with Gasteiger partial charge in [-0.3, -0.25) is 0 Å². The maximum absolute atomic E-state index is 11.5. The molecule has 1 unspecified atom stereocenters. The van der Waals surface area contributed by atoms with E-state index in [1.807, 2.05) is 0 Å². The fraction of sp³-hybridized carbons (Fsp3) is 0.286. The van der Waals surface area contributed by atoms with Crippen LogP contribution in [-0.2, 0) is 4.74 Å². The molecule has 22 heavy (non-hydrogen) atoms. The van der Waals surface area contributed by atoms with Crippen LogP contribution in [0.15, 0.2) is 28.8 Å². The Labute approximate surface area is 131 Å². The summed E-state index contributed by atoms with van der Waals surface area (Å²) in [4.78, 5) is 11.5. The van der Waals surface area contributed by atoms with Gasteiger partial charge in [0.25, 0.3) is 0 Å². The largest absolute Gasteiger partial charge is 0.477 e. The fourth-order valence-corrected chi connectivity index (χ4v) is 2.00. The van der Waals surface area contributed by atoms with Gasteiger partial charge < -0.3 is 24.8 Å². The average Bonchev–Trinajstić information content (AvgIpc) is 2.90. The number of aliphatic hydroxyl groups excluding tert-OH is 1. The van der Waals surface area contributed by atoms with Gasteiger partial charge >= 0.3 is 5.97 Å². The van der Waals surface area contributed by atoms with E-state index in [1.54, 1.807) is 24.3 Å². The predicted molar refractivity (Wildman–Crippen MR) is 80.3 cm³/mol. The Morgan fingerprint density at radius 3 is 2.73 bits per heavy atom. The van der Waals surface area contributed by atoms with Gasteiger partial charge in [-0.05, 0) is 24.3 Å². The Kier molecular flexibility index (Phi) is 5.37. The van der Waals surface area contributed by atoms with Gasteiger partial charge in [0.1, 0.15) is 0 Å². The van der Waals surface area contributed by atoms with Gasteiger partial charge in [0, 0.05) is 24.2 Å². The van der Waals surface area contributed by atoms with E-state index < -0.39 is 12.1 Å². The van der Waals surface area contributed by atoms with Crippen LogP contribution in [0.4, 0.5) is 5.82 Å². The van der Waals surface area contributed by atoms with Crippen molar-refractivity contribution in [2.45, 2.75) is 6.10 Å². The topological polar surface area (TPSA) is 105 Å². The summed E-state index contributed by atoms with van der Waals surface area (Å²) in [6.07, 6.45) is -0.790. The molecule has 118 valence electrons. The Balaban J connectivity index is 2.25. The second-order valence-electron chi connectivity index (χ2n) is 4.54. The quantitative estimate of drug-likeness (QED) is 0.715. The number of ether oxygens (including phenoxy) is 1. The number of rotatable bonds is 7. The van der Waals surface area contributed by atoms with Crippen LogP contribution < -0.4 is 5.32 Å². The lowest BCUT2D eigenvalue weighted by Crippen LogP contribution is -2.24. The fourth-order valence-electron chi connectivity index (χ4n) is 1.87. The molecule has 2 aromatic rings. The number of hydrogen-bond donors (Lipinski definition) is 3. The summed E-state index contributed by atoms with van der Waals surface area (Å²) < 4.78 is 9.92. The zero-order valence-corrected chi connectivity index (χ0v) is 12.5. The summed E-state index contributed by atoms with van der Waals surface area (Å²) >= 11 is 5.81. The number of aromatic nitrogens is 1. The van der Waals surface area contributed by atoms with Gasteiger partial charge in [-0.25, -0.2) is 4.79 Å². The monoisotopic (exact) mass is 326 g/mol. The van der Waals surface area contributed by atoms with Gasteiger partial charge in [-0.1, -0.05) is 16.8 Å². The third-order valence-corrected chi connectivity index (χ3v) is 3.13. The Hall–Kier alpha value is -2.09. The van der Waals surface area contributed by atoms with Gasteiger partial charge in [0.05, 0.1) is 12.7 Å². The van der Waals surface area contributed by atoms with Gasteiger partial charge in [-0.15, -0.1) is 0 Å². The first-order valence-electron chi connectivity index (χ1n) is 6.42. The van der Waals surface area contributed by atoms with E-state index >= 15 is 0 Å². The summed E-state index contributed by atoms with van der Waals surface area (Å²) in [6, 6.07) is 6.53. The zero-order chi connectivity index (χ0) is 16.1. The number of anilines is 1. The molecule has 7 nitrogen and oxygen atoms in total. The van der Waals surface area contributed by atoms with Crippen LogP contribution >= 0.6 is 11.6 Å². The van der Waals surface area contributed by atoms with Crippen LogP contribution in [0.5, 0.6) is 0 Å². The predicted octanol–water partition coefficient (Wildman–Crippen LogP) is 2.11. The van der Waals surface area contributed by atoms with Crippen molar-refractivity contribution in [2.24, 2.45) is 0 Å². The Morgan fingerprint density at radius 1 is 1.45 bits per heavy atom. The van der Waals surface area contributed by atoms with Crippen molar-refractivity contribution < 1.29 is 24.3 Å². The summed E-state index contributed by atoms with van der Waals surface area (Å²) in [5.41, 5.74) is 0.437. The van der Waals surface area contributed by atoms with Crippen molar-refractivity contribution in [3.8, 4) is 11.3 Å². The lowest BCUT2D eigenvalue weighted by Gasteiger charge is -2.10. The number of methoxy groups -OCH3 is 1. The molecule has 0 saturated carbocycles. The molecule has 1 aromatic carbocycles. The van der Waals surface area contributed by atoms with Crippen LogP contribution in [0.3, 0.4) is 0 Å². The molecule has 2 rings (SSSR count). The molecule has 1 heterocycles. The van der Waals surface area contributed by atoms with Gasteiger partial charge in [0.15, 0.2) is 17.1 Å². The molecule has 1 atom stereocenters. The Morgan fingerprint density at radius 2 is 2.14 bits per heavy atom. The number of carboxylic acids is 1. The van der Waals surface area contributed by atoms with Crippen LogP contribution in [0.25, 0.3) is 11.3 Å². The van der Waals surface area contributed by atoms with Crippen LogP contribution in [0, 0.1) is 0 Å². The van der Waals surface area contributed by atoms with Crippen molar-refractivity contribution >= 4 is 23.4 Å². The lowest BCUT2D eigenvalue weighted by atomic mass is 10.1. The van der Waals surface area contributed by atoms with E-state index in [0.717, 1.165) is 0 Å². The minimum absolute atomic E-state index is 0.0487. The third-order valence-electron chi connectivity index (χ3n) is 2.88. The van der Waals surface area contributed by atoms with Crippen molar-refractivity contribution in [3.05, 3.63) is 34.9 Å². The van der Waals surface area contributed by atoms with Gasteiger partial charge in [-0.2, -0.15) is 0 Å². The smallest absolute Gasteiger partial charge is 0.343 e. The molecule has 0 radical (unpaired) electrons. The maximum atomic E-state index is 11.5. The summed E-state index contributed by atoms with van der Waals surface area (Å²) in [5, 5.41) is 25.9. The molecule has 0 fully saturated rings. The SMILES string of the molecule is COCC(O)CNc1noc(-c2ccc(Cl)cc2)c1C(=O)O. The van der Waals surface area contributed by atoms with E-state index in [1.165, 1.54) is 7.11 Å². The molecule has 0 amide bonds. The molecular weight excluding hydrogens is 312 g/mol. The molecule has 1 aromatic heterocycles. The number of hydrogen-bond acceptors (Lipinski definition) is 6. The molecule has 0 bridgehead atoms. The highest BCUT2D eigenvalue weighted by Gasteiger charge is 2.24. The number of carbonyl (C=O) groups is 1. The average molecular weight is 327 g/mol. The molecule has 0 aliphatic heterocycles. The molecule has 8 heteroatoms. The first kappa shape index (κ1) is 16.3. The standard InChI is InChI=1S/C14H15ClN2O5/c1-21-7-10(18)6-16-13-11(14(19)20)12(22-17-13)8-2-4-9(15)5-3-8/h2-5,10,18H,6-7H2,1H3,(H,16,17)(H,19,20). The number of nitrogens with one attached hydrogen (secondary N) is 1. The summed E-state index contributed by atoms with van der Waals surface area (Å²) in [5.74, 6) is -1.02. The number of aliphatic hydroxyl groups is 1. The van der Waals surface area contributed by atoms with E-state index in [-0.39, 0.29) is 30.3 Å². The first-order chi connectivity index (χ1) is 10.5. The van der Waals surface area contributed by atoms with E-state index in [0.29, 0.717) is 10.6 Å². The Bertz CT molecular complexity index is 641. The minimum atomic E-state index is -1.19. The first-order valence-corrected chi connectivity index (χ1v) is 6.80. The van der Waals surface area contributed by atoms with E-state index in [9.17, 15) is 15.0 Å². The van der Waals surface area contributed by atoms with Crippen LogP contribution in [0.2, 0.25) is 5.02 Å². The van der Waals surface area contributed by atoms with Crippen LogP contribution in [-0.4, -0.2) is 47.7 Å². The highest BCUT2D eigenvalue weighted by Crippen LogP contribution is 2.30. The molecule has 0 saturated heterocycles. The molecule has 0 aliphatic rings. The highest BCUT2D eigenvalue weighted by atomic mass is 35.5. The van der Waals surface area contributed by atoms with Crippen molar-refractivity contribution in [1.29, 1.82) is 0 Å².